The fraction of sp³-hybridized carbons (Fsp3) is 0. The van der Waals surface area contributed by atoms with Gasteiger partial charge in [0.15, 0.2) is 0 Å². The number of anilines is 6. The first-order valence-electron chi connectivity index (χ1n) is 17.1. The lowest BCUT2D eigenvalue weighted by Gasteiger charge is -2.31. The summed E-state index contributed by atoms with van der Waals surface area (Å²) in [6, 6.07) is 58.6. The second-order valence-electron chi connectivity index (χ2n) is 12.5. The van der Waals surface area contributed by atoms with Crippen molar-refractivity contribution in [1.29, 1.82) is 5.26 Å². The summed E-state index contributed by atoms with van der Waals surface area (Å²) in [4.78, 5) is 17.9. The molecule has 0 aliphatic rings. The Balaban J connectivity index is 1.45. The minimum Gasteiger partial charge on any atom is -0.477 e. The Hall–Kier alpha value is -5.98. The average Bonchev–Trinajstić information content (AvgIpc) is 3.49. The molecule has 8 heteroatoms. The predicted molar refractivity (Wildman–Crippen MR) is 231 cm³/mol. The second kappa shape index (κ2) is 15.2. The third-order valence-corrected chi connectivity index (χ3v) is 13.0. The van der Waals surface area contributed by atoms with Crippen LogP contribution in [0.4, 0.5) is 34.1 Å². The number of carbonyl (C=O) groups is 1. The third-order valence-electron chi connectivity index (χ3n) is 9.17. The SMILES string of the molecule is N#C/C(=C/c1sc(-c2cc(N(c3ccccc3)c3cccc4ccccc34)cc(N(c3ccccc3)c3cccc4ccccc34)c2)c(Br)c1Br)C(=O)O. The first-order chi connectivity index (χ1) is 26.4. The Morgan fingerprint density at radius 2 is 1.06 bits per heavy atom. The standard InChI is InChI=1S/C46H29Br2N3O2S/c47-43-42(27-33(29-49)46(52)53)54-45(44(43)48)32-25-36(50(34-17-3-1-4-18-34)40-23-11-15-30-13-7-9-21-38(30)40)28-37(26-32)51(35-19-5-2-6-20-35)41-24-12-16-31-14-8-10-22-39(31)41/h1-28H,(H,52,53)/b33-27-. The van der Waals surface area contributed by atoms with Crippen LogP contribution in [0.2, 0.25) is 0 Å². The molecule has 0 spiro atoms. The number of fused-ring (bicyclic) bond motifs is 2. The lowest BCUT2D eigenvalue weighted by molar-refractivity contribution is -0.132. The topological polar surface area (TPSA) is 67.6 Å². The molecule has 260 valence electrons. The van der Waals surface area contributed by atoms with Crippen molar-refractivity contribution in [3.63, 3.8) is 0 Å². The average molecular weight is 848 g/mol. The van der Waals surface area contributed by atoms with Gasteiger partial charge < -0.3 is 14.9 Å². The molecule has 1 aromatic heterocycles. The van der Waals surface area contributed by atoms with Gasteiger partial charge >= 0.3 is 5.97 Å². The first-order valence-corrected chi connectivity index (χ1v) is 19.5. The van der Waals surface area contributed by atoms with Crippen LogP contribution in [0.1, 0.15) is 4.88 Å². The molecule has 1 N–H and O–H groups in total. The van der Waals surface area contributed by atoms with E-state index in [0.29, 0.717) is 9.35 Å². The lowest BCUT2D eigenvalue weighted by Crippen LogP contribution is -2.14. The molecule has 0 saturated heterocycles. The van der Waals surface area contributed by atoms with Crippen LogP contribution in [0.3, 0.4) is 0 Å². The van der Waals surface area contributed by atoms with Crippen LogP contribution in [0, 0.1) is 11.3 Å². The van der Waals surface area contributed by atoms with E-state index in [-0.39, 0.29) is 5.57 Å². The fourth-order valence-electron chi connectivity index (χ4n) is 6.76. The van der Waals surface area contributed by atoms with Gasteiger partial charge in [-0.15, -0.1) is 11.3 Å². The summed E-state index contributed by atoms with van der Waals surface area (Å²) >= 11 is 8.94. The molecule has 0 aliphatic heterocycles. The normalized spacial score (nSPS) is 11.4. The van der Waals surface area contributed by atoms with Crippen molar-refractivity contribution in [2.24, 2.45) is 0 Å². The number of thiophene rings is 1. The van der Waals surface area contributed by atoms with Gasteiger partial charge in [-0.2, -0.15) is 5.26 Å². The van der Waals surface area contributed by atoms with Gasteiger partial charge in [-0.05, 0) is 109 Å². The molecule has 0 amide bonds. The molecule has 0 bridgehead atoms. The zero-order chi connectivity index (χ0) is 37.2. The highest BCUT2D eigenvalue weighted by Gasteiger charge is 2.24. The predicted octanol–water partition coefficient (Wildman–Crippen LogP) is 14.2. The zero-order valence-electron chi connectivity index (χ0n) is 28.5. The molecule has 0 aliphatic carbocycles. The van der Waals surface area contributed by atoms with Crippen molar-refractivity contribution in [1.82, 2.24) is 0 Å². The van der Waals surface area contributed by atoms with Crippen LogP contribution in [0.15, 0.2) is 178 Å². The van der Waals surface area contributed by atoms with E-state index in [9.17, 15) is 15.2 Å². The summed E-state index contributed by atoms with van der Waals surface area (Å²) in [6.07, 6.45) is 1.41. The minimum absolute atomic E-state index is 0.345. The number of nitriles is 1. The lowest BCUT2D eigenvalue weighted by atomic mass is 10.0. The van der Waals surface area contributed by atoms with Gasteiger partial charge in [-0.25, -0.2) is 4.79 Å². The number of benzene rings is 7. The van der Waals surface area contributed by atoms with E-state index >= 15 is 0 Å². The summed E-state index contributed by atoms with van der Waals surface area (Å²) in [5.74, 6) is -1.28. The Morgan fingerprint density at radius 3 is 1.54 bits per heavy atom. The first kappa shape index (κ1) is 35.1. The molecule has 1 heterocycles. The number of hydrogen-bond donors (Lipinski definition) is 1. The Bertz CT molecular complexity index is 2610. The molecular weight excluding hydrogens is 818 g/mol. The summed E-state index contributed by atoms with van der Waals surface area (Å²) in [7, 11) is 0. The Morgan fingerprint density at radius 1 is 0.593 bits per heavy atom. The molecule has 8 aromatic rings. The summed E-state index contributed by atoms with van der Waals surface area (Å²) in [6.45, 7) is 0. The van der Waals surface area contributed by atoms with E-state index in [4.69, 9.17) is 0 Å². The highest BCUT2D eigenvalue weighted by Crippen LogP contribution is 2.50. The number of aliphatic carboxylic acids is 1. The van der Waals surface area contributed by atoms with Gasteiger partial charge in [-0.3, -0.25) is 0 Å². The highest BCUT2D eigenvalue weighted by atomic mass is 79.9. The summed E-state index contributed by atoms with van der Waals surface area (Å²) < 4.78 is 1.43. The van der Waals surface area contributed by atoms with E-state index < -0.39 is 5.97 Å². The van der Waals surface area contributed by atoms with Crippen LogP contribution in [0.5, 0.6) is 0 Å². The smallest absolute Gasteiger partial charge is 0.346 e. The molecule has 0 unspecified atom stereocenters. The summed E-state index contributed by atoms with van der Waals surface area (Å²) in [5, 5.41) is 23.7. The monoisotopic (exact) mass is 845 g/mol. The maximum Gasteiger partial charge on any atom is 0.346 e. The zero-order valence-corrected chi connectivity index (χ0v) is 32.5. The molecule has 0 radical (unpaired) electrons. The largest absolute Gasteiger partial charge is 0.477 e. The van der Waals surface area contributed by atoms with E-state index in [1.165, 1.54) is 17.4 Å². The van der Waals surface area contributed by atoms with Crippen LogP contribution >= 0.6 is 43.2 Å². The van der Waals surface area contributed by atoms with E-state index in [1.807, 2.05) is 42.5 Å². The van der Waals surface area contributed by atoms with Gasteiger partial charge in [-0.1, -0.05) is 109 Å². The molecule has 7 aromatic carbocycles. The van der Waals surface area contributed by atoms with Gasteiger partial charge in [0.1, 0.15) is 11.6 Å². The van der Waals surface area contributed by atoms with Crippen LogP contribution < -0.4 is 9.80 Å². The Kier molecular flexibility index (Phi) is 9.85. The summed E-state index contributed by atoms with van der Waals surface area (Å²) in [5.41, 5.74) is 6.42. The molecular formula is C46H29Br2N3O2S. The number of halogens is 2. The van der Waals surface area contributed by atoms with Gasteiger partial charge in [0, 0.05) is 38.4 Å². The van der Waals surface area contributed by atoms with Crippen molar-refractivity contribution < 1.29 is 9.90 Å². The highest BCUT2D eigenvalue weighted by molar-refractivity contribution is 9.13. The minimum atomic E-state index is -1.28. The number of para-hydroxylation sites is 2. The molecule has 54 heavy (non-hydrogen) atoms. The maximum atomic E-state index is 11.8. The molecule has 8 rings (SSSR count). The van der Waals surface area contributed by atoms with Crippen molar-refractivity contribution in [3.05, 3.63) is 183 Å². The van der Waals surface area contributed by atoms with E-state index in [2.05, 4.69) is 169 Å². The molecule has 0 atom stereocenters. The van der Waals surface area contributed by atoms with Crippen LogP contribution in [0.25, 0.3) is 38.1 Å². The number of hydrogen-bond acceptors (Lipinski definition) is 5. The molecule has 5 nitrogen and oxygen atoms in total. The van der Waals surface area contributed by atoms with Crippen molar-refractivity contribution in [3.8, 4) is 16.5 Å². The maximum absolute atomic E-state index is 11.8. The Labute approximate surface area is 333 Å². The molecule has 0 saturated carbocycles. The van der Waals surface area contributed by atoms with Crippen molar-refractivity contribution >= 4 is 111 Å². The van der Waals surface area contributed by atoms with Crippen molar-refractivity contribution in [2.45, 2.75) is 0 Å². The van der Waals surface area contributed by atoms with Crippen LogP contribution in [-0.4, -0.2) is 11.1 Å². The van der Waals surface area contributed by atoms with E-state index in [1.54, 1.807) is 0 Å². The van der Waals surface area contributed by atoms with Crippen LogP contribution in [-0.2, 0) is 4.79 Å². The van der Waals surface area contributed by atoms with Gasteiger partial charge in [0.05, 0.1) is 25.2 Å². The molecule has 0 fully saturated rings. The van der Waals surface area contributed by atoms with E-state index in [0.717, 1.165) is 70.6 Å². The fourth-order valence-corrected chi connectivity index (χ4v) is 9.28. The van der Waals surface area contributed by atoms with Gasteiger partial charge in [0.25, 0.3) is 0 Å². The van der Waals surface area contributed by atoms with Crippen molar-refractivity contribution in [2.75, 3.05) is 9.80 Å². The number of carboxylic acids is 1. The third kappa shape index (κ3) is 6.70. The second-order valence-corrected chi connectivity index (χ2v) is 15.1. The number of carboxylic acid groups (broad SMARTS) is 1. The quantitative estimate of drug-likeness (QED) is 0.116. The number of rotatable bonds is 9. The van der Waals surface area contributed by atoms with Gasteiger partial charge in [0.2, 0.25) is 0 Å². The number of nitrogens with zero attached hydrogens (tertiary/aromatic N) is 3.